The molecule has 1 N–H and O–H groups in total. The van der Waals surface area contributed by atoms with Crippen LogP contribution in [0.1, 0.15) is 55.5 Å². The van der Waals surface area contributed by atoms with E-state index in [1.807, 2.05) is 31.7 Å². The predicted octanol–water partition coefficient (Wildman–Crippen LogP) is 3.14. The van der Waals surface area contributed by atoms with E-state index in [1.165, 1.54) is 38.5 Å². The van der Waals surface area contributed by atoms with Crippen molar-refractivity contribution in [1.29, 1.82) is 0 Å². The normalized spacial score (nSPS) is 35.2. The summed E-state index contributed by atoms with van der Waals surface area (Å²) in [7, 11) is 1.94. The molecule has 1 amide bonds. The van der Waals surface area contributed by atoms with Crippen molar-refractivity contribution in [3.63, 3.8) is 0 Å². The number of hydrogen-bond donors (Lipinski definition) is 1. The summed E-state index contributed by atoms with van der Waals surface area (Å²) in [5, 5.41) is 7.79. The zero-order chi connectivity index (χ0) is 16.2. The first-order valence-electron chi connectivity index (χ1n) is 8.94. The van der Waals surface area contributed by atoms with Crippen LogP contribution in [0.5, 0.6) is 0 Å². The fourth-order valence-electron chi connectivity index (χ4n) is 5.76. The molecule has 1 aromatic rings. The summed E-state index contributed by atoms with van der Waals surface area (Å²) in [5.41, 5.74) is 3.23. The van der Waals surface area contributed by atoms with Crippen molar-refractivity contribution in [2.45, 2.75) is 57.9 Å². The van der Waals surface area contributed by atoms with Crippen molar-refractivity contribution < 1.29 is 4.79 Å². The molecule has 0 aliphatic heterocycles. The summed E-state index contributed by atoms with van der Waals surface area (Å²) in [5.74, 6) is 2.63. The standard InChI is InChI=1S/C19H27N3O/c1-12-17(13(2)22(3)21-12)4-5-18(23)20-19-9-14-6-15(10-19)8-16(7-14)11-19/h4-5,14-16H,6-11H2,1-3H3,(H,20,23)/b5-4+. The molecule has 0 spiro atoms. The summed E-state index contributed by atoms with van der Waals surface area (Å²) in [4.78, 5) is 12.5. The van der Waals surface area contributed by atoms with Crippen LogP contribution in [0.3, 0.4) is 0 Å². The van der Waals surface area contributed by atoms with Crippen molar-refractivity contribution in [2.75, 3.05) is 0 Å². The molecule has 0 unspecified atom stereocenters. The van der Waals surface area contributed by atoms with Crippen molar-refractivity contribution in [1.82, 2.24) is 15.1 Å². The van der Waals surface area contributed by atoms with Crippen LogP contribution in [-0.2, 0) is 11.8 Å². The summed E-state index contributed by atoms with van der Waals surface area (Å²) < 4.78 is 1.87. The third-order valence-corrected chi connectivity index (χ3v) is 6.39. The highest BCUT2D eigenvalue weighted by atomic mass is 16.1. The minimum Gasteiger partial charge on any atom is -0.347 e. The van der Waals surface area contributed by atoms with Crippen molar-refractivity contribution in [3.05, 3.63) is 23.0 Å². The van der Waals surface area contributed by atoms with Crippen LogP contribution in [0, 0.1) is 31.6 Å². The smallest absolute Gasteiger partial charge is 0.244 e. The van der Waals surface area contributed by atoms with Gasteiger partial charge in [-0.15, -0.1) is 0 Å². The maximum atomic E-state index is 12.5. The highest BCUT2D eigenvalue weighted by Gasteiger charge is 2.51. The van der Waals surface area contributed by atoms with Gasteiger partial charge in [-0.25, -0.2) is 0 Å². The third kappa shape index (κ3) is 2.62. The Bertz CT molecular complexity index is 635. The molecule has 5 rings (SSSR count). The van der Waals surface area contributed by atoms with Crippen LogP contribution < -0.4 is 5.32 Å². The molecule has 124 valence electrons. The molecule has 0 aromatic carbocycles. The molecular weight excluding hydrogens is 286 g/mol. The SMILES string of the molecule is Cc1nn(C)c(C)c1/C=C/C(=O)NC12CC3CC(CC(C3)C1)C2. The molecule has 0 saturated heterocycles. The predicted molar refractivity (Wildman–Crippen MR) is 90.8 cm³/mol. The molecular formula is C19H27N3O. The number of carbonyl (C=O) groups is 1. The monoisotopic (exact) mass is 313 g/mol. The molecule has 1 aromatic heterocycles. The maximum Gasteiger partial charge on any atom is 0.244 e. The van der Waals surface area contributed by atoms with Gasteiger partial charge in [-0.3, -0.25) is 9.48 Å². The number of hydrogen-bond acceptors (Lipinski definition) is 2. The Hall–Kier alpha value is -1.58. The van der Waals surface area contributed by atoms with E-state index in [0.717, 1.165) is 34.7 Å². The van der Waals surface area contributed by atoms with Gasteiger partial charge in [0.05, 0.1) is 5.69 Å². The van der Waals surface area contributed by atoms with E-state index in [9.17, 15) is 4.79 Å². The lowest BCUT2D eigenvalue weighted by atomic mass is 9.53. The lowest BCUT2D eigenvalue weighted by molar-refractivity contribution is -0.122. The second-order valence-corrected chi connectivity index (χ2v) is 8.23. The van der Waals surface area contributed by atoms with Gasteiger partial charge >= 0.3 is 0 Å². The van der Waals surface area contributed by atoms with Crippen molar-refractivity contribution >= 4 is 12.0 Å². The van der Waals surface area contributed by atoms with E-state index in [-0.39, 0.29) is 11.4 Å². The number of amides is 1. The van der Waals surface area contributed by atoms with Crippen LogP contribution in [0.2, 0.25) is 0 Å². The second-order valence-electron chi connectivity index (χ2n) is 8.23. The van der Waals surface area contributed by atoms with Crippen LogP contribution >= 0.6 is 0 Å². The van der Waals surface area contributed by atoms with Gasteiger partial charge in [0.2, 0.25) is 5.91 Å². The topological polar surface area (TPSA) is 46.9 Å². The molecule has 4 fully saturated rings. The minimum atomic E-state index is 0.0644. The van der Waals surface area contributed by atoms with Gasteiger partial charge in [0.15, 0.2) is 0 Å². The van der Waals surface area contributed by atoms with Gasteiger partial charge in [-0.05, 0) is 76.2 Å². The summed E-state index contributed by atoms with van der Waals surface area (Å²) in [6.07, 6.45) is 11.4. The van der Waals surface area contributed by atoms with E-state index in [0.29, 0.717) is 0 Å². The summed E-state index contributed by atoms with van der Waals surface area (Å²) >= 11 is 0. The Kier molecular flexibility index (Phi) is 3.40. The Labute approximate surface area is 138 Å². The van der Waals surface area contributed by atoms with Crippen molar-refractivity contribution in [2.24, 2.45) is 24.8 Å². The van der Waals surface area contributed by atoms with E-state index < -0.39 is 0 Å². The van der Waals surface area contributed by atoms with Crippen LogP contribution in [-0.4, -0.2) is 21.2 Å². The molecule has 1 heterocycles. The zero-order valence-corrected chi connectivity index (χ0v) is 14.4. The molecule has 4 heteroatoms. The van der Waals surface area contributed by atoms with Gasteiger partial charge in [0, 0.05) is 29.9 Å². The molecule has 4 saturated carbocycles. The molecule has 4 nitrogen and oxygen atoms in total. The fraction of sp³-hybridized carbons (Fsp3) is 0.684. The fourth-order valence-corrected chi connectivity index (χ4v) is 5.76. The number of aromatic nitrogens is 2. The summed E-state index contributed by atoms with van der Waals surface area (Å²) in [6, 6.07) is 0. The molecule has 0 radical (unpaired) electrons. The second kappa shape index (κ2) is 5.22. The van der Waals surface area contributed by atoms with Gasteiger partial charge in [0.1, 0.15) is 0 Å². The maximum absolute atomic E-state index is 12.5. The van der Waals surface area contributed by atoms with Crippen LogP contribution in [0.4, 0.5) is 0 Å². The molecule has 0 atom stereocenters. The highest BCUT2D eigenvalue weighted by Crippen LogP contribution is 2.55. The van der Waals surface area contributed by atoms with E-state index in [4.69, 9.17) is 0 Å². The Morgan fingerprint density at radius 3 is 2.22 bits per heavy atom. The Morgan fingerprint density at radius 1 is 1.17 bits per heavy atom. The quantitative estimate of drug-likeness (QED) is 0.872. The van der Waals surface area contributed by atoms with E-state index in [1.54, 1.807) is 6.08 Å². The van der Waals surface area contributed by atoms with E-state index >= 15 is 0 Å². The number of aryl methyl sites for hydroxylation is 2. The lowest BCUT2D eigenvalue weighted by Gasteiger charge is -2.56. The van der Waals surface area contributed by atoms with Crippen LogP contribution in [0.15, 0.2) is 6.08 Å². The molecule has 4 bridgehead atoms. The van der Waals surface area contributed by atoms with Gasteiger partial charge in [-0.2, -0.15) is 5.10 Å². The number of nitrogens with one attached hydrogen (secondary N) is 1. The minimum absolute atomic E-state index is 0.0644. The van der Waals surface area contributed by atoms with Crippen LogP contribution in [0.25, 0.3) is 6.08 Å². The van der Waals surface area contributed by atoms with Gasteiger partial charge in [0.25, 0.3) is 0 Å². The first-order valence-corrected chi connectivity index (χ1v) is 8.94. The molecule has 4 aliphatic carbocycles. The van der Waals surface area contributed by atoms with Gasteiger partial charge < -0.3 is 5.32 Å². The molecule has 4 aliphatic rings. The number of rotatable bonds is 3. The van der Waals surface area contributed by atoms with E-state index in [2.05, 4.69) is 10.4 Å². The van der Waals surface area contributed by atoms with Crippen molar-refractivity contribution in [3.8, 4) is 0 Å². The first kappa shape index (κ1) is 15.0. The first-order chi connectivity index (χ1) is 10.9. The lowest BCUT2D eigenvalue weighted by Crippen LogP contribution is -2.59. The molecule has 23 heavy (non-hydrogen) atoms. The Balaban J connectivity index is 1.47. The average Bonchev–Trinajstić information content (AvgIpc) is 2.68. The summed E-state index contributed by atoms with van der Waals surface area (Å²) in [6.45, 7) is 4.03. The number of carbonyl (C=O) groups excluding carboxylic acids is 1. The highest BCUT2D eigenvalue weighted by molar-refractivity contribution is 5.92. The van der Waals surface area contributed by atoms with Gasteiger partial charge in [-0.1, -0.05) is 0 Å². The number of nitrogens with zero attached hydrogens (tertiary/aromatic N) is 2. The third-order valence-electron chi connectivity index (χ3n) is 6.39. The largest absolute Gasteiger partial charge is 0.347 e. The Morgan fingerprint density at radius 2 is 1.74 bits per heavy atom. The zero-order valence-electron chi connectivity index (χ0n) is 14.4. The average molecular weight is 313 g/mol.